The SMILES string of the molecule is C=Cc1c(Cl)cccc1C1(O)CCNCC1. The van der Waals surface area contributed by atoms with E-state index >= 15 is 0 Å². The van der Waals surface area contributed by atoms with E-state index in [1.54, 1.807) is 6.08 Å². The van der Waals surface area contributed by atoms with Crippen LogP contribution < -0.4 is 5.32 Å². The van der Waals surface area contributed by atoms with Crippen LogP contribution in [0.25, 0.3) is 6.08 Å². The summed E-state index contributed by atoms with van der Waals surface area (Å²) in [6.45, 7) is 5.43. The number of benzene rings is 1. The molecule has 0 saturated carbocycles. The Morgan fingerprint density at radius 3 is 2.69 bits per heavy atom. The van der Waals surface area contributed by atoms with E-state index in [9.17, 15) is 5.11 Å². The van der Waals surface area contributed by atoms with Gasteiger partial charge < -0.3 is 10.4 Å². The van der Waals surface area contributed by atoms with Gasteiger partial charge in [-0.2, -0.15) is 0 Å². The van der Waals surface area contributed by atoms with Crippen molar-refractivity contribution >= 4 is 17.7 Å². The molecule has 1 heterocycles. The summed E-state index contributed by atoms with van der Waals surface area (Å²) in [6, 6.07) is 5.64. The largest absolute Gasteiger partial charge is 0.385 e. The average molecular weight is 238 g/mol. The van der Waals surface area contributed by atoms with Crippen molar-refractivity contribution in [1.82, 2.24) is 5.32 Å². The predicted octanol–water partition coefficient (Wildman–Crippen LogP) is 2.55. The highest BCUT2D eigenvalue weighted by Gasteiger charge is 2.32. The highest BCUT2D eigenvalue weighted by Crippen LogP contribution is 2.35. The Balaban J connectivity index is 2.45. The third-order valence-electron chi connectivity index (χ3n) is 3.19. The first-order chi connectivity index (χ1) is 7.67. The lowest BCUT2D eigenvalue weighted by Gasteiger charge is -2.34. The number of aliphatic hydroxyl groups is 1. The number of hydrogen-bond donors (Lipinski definition) is 2. The number of piperidine rings is 1. The summed E-state index contributed by atoms with van der Waals surface area (Å²) in [4.78, 5) is 0. The van der Waals surface area contributed by atoms with Gasteiger partial charge >= 0.3 is 0 Å². The molecule has 2 rings (SSSR count). The molecule has 1 aliphatic rings. The second-order valence-electron chi connectivity index (χ2n) is 4.19. The van der Waals surface area contributed by atoms with Crippen molar-refractivity contribution in [3.63, 3.8) is 0 Å². The molecule has 0 spiro atoms. The highest BCUT2D eigenvalue weighted by atomic mass is 35.5. The first-order valence-electron chi connectivity index (χ1n) is 5.52. The summed E-state index contributed by atoms with van der Waals surface area (Å²) >= 11 is 6.11. The van der Waals surface area contributed by atoms with Gasteiger partial charge in [-0.15, -0.1) is 0 Å². The number of halogens is 1. The van der Waals surface area contributed by atoms with E-state index in [-0.39, 0.29) is 0 Å². The Labute approximate surface area is 101 Å². The van der Waals surface area contributed by atoms with Gasteiger partial charge in [0.25, 0.3) is 0 Å². The van der Waals surface area contributed by atoms with Crippen LogP contribution >= 0.6 is 11.6 Å². The first-order valence-corrected chi connectivity index (χ1v) is 5.90. The molecule has 1 saturated heterocycles. The fourth-order valence-corrected chi connectivity index (χ4v) is 2.51. The molecule has 16 heavy (non-hydrogen) atoms. The second kappa shape index (κ2) is 4.58. The third-order valence-corrected chi connectivity index (χ3v) is 3.52. The van der Waals surface area contributed by atoms with Gasteiger partial charge in [-0.25, -0.2) is 0 Å². The van der Waals surface area contributed by atoms with Gasteiger partial charge in [-0.1, -0.05) is 36.4 Å². The van der Waals surface area contributed by atoms with Gasteiger partial charge in [0.2, 0.25) is 0 Å². The quantitative estimate of drug-likeness (QED) is 0.829. The Kier molecular flexibility index (Phi) is 3.33. The summed E-state index contributed by atoms with van der Waals surface area (Å²) in [7, 11) is 0. The predicted molar refractivity (Wildman–Crippen MR) is 67.5 cm³/mol. The van der Waals surface area contributed by atoms with E-state index in [1.807, 2.05) is 18.2 Å². The van der Waals surface area contributed by atoms with Crippen molar-refractivity contribution in [2.24, 2.45) is 0 Å². The van der Waals surface area contributed by atoms with E-state index in [0.29, 0.717) is 17.9 Å². The molecule has 2 N–H and O–H groups in total. The van der Waals surface area contributed by atoms with Crippen molar-refractivity contribution in [2.75, 3.05) is 13.1 Å². The van der Waals surface area contributed by atoms with E-state index in [0.717, 1.165) is 24.2 Å². The molecule has 0 unspecified atom stereocenters. The molecule has 86 valence electrons. The molecule has 0 atom stereocenters. The minimum absolute atomic E-state index is 0.652. The maximum atomic E-state index is 10.6. The molecule has 0 aromatic heterocycles. The topological polar surface area (TPSA) is 32.3 Å². The van der Waals surface area contributed by atoms with Gasteiger partial charge in [-0.3, -0.25) is 0 Å². The maximum absolute atomic E-state index is 10.6. The van der Waals surface area contributed by atoms with Gasteiger partial charge in [0.15, 0.2) is 0 Å². The zero-order valence-electron chi connectivity index (χ0n) is 9.17. The minimum Gasteiger partial charge on any atom is -0.385 e. The van der Waals surface area contributed by atoms with Crippen LogP contribution in [-0.2, 0) is 5.60 Å². The summed E-state index contributed by atoms with van der Waals surface area (Å²) in [6.07, 6.45) is 3.15. The molecule has 1 aromatic rings. The monoisotopic (exact) mass is 237 g/mol. The third kappa shape index (κ3) is 2.01. The van der Waals surface area contributed by atoms with Crippen LogP contribution in [0, 0.1) is 0 Å². The van der Waals surface area contributed by atoms with E-state index in [1.165, 1.54) is 0 Å². The summed E-state index contributed by atoms with van der Waals surface area (Å²) in [5.41, 5.74) is 0.990. The molecule has 1 fully saturated rings. The van der Waals surface area contributed by atoms with E-state index in [4.69, 9.17) is 11.6 Å². The number of hydrogen-bond acceptors (Lipinski definition) is 2. The Morgan fingerprint density at radius 1 is 1.38 bits per heavy atom. The smallest absolute Gasteiger partial charge is 0.0927 e. The minimum atomic E-state index is -0.764. The molecule has 3 heteroatoms. The normalized spacial score (nSPS) is 19.4. The lowest BCUT2D eigenvalue weighted by Crippen LogP contribution is -2.40. The van der Waals surface area contributed by atoms with Crippen LogP contribution in [0.15, 0.2) is 24.8 Å². The van der Waals surface area contributed by atoms with Crippen LogP contribution in [0.4, 0.5) is 0 Å². The van der Waals surface area contributed by atoms with Crippen LogP contribution in [-0.4, -0.2) is 18.2 Å². The summed E-state index contributed by atoms with van der Waals surface area (Å²) in [5, 5.41) is 14.5. The van der Waals surface area contributed by atoms with Gasteiger partial charge in [0.1, 0.15) is 0 Å². The van der Waals surface area contributed by atoms with Crippen molar-refractivity contribution in [3.8, 4) is 0 Å². The lowest BCUT2D eigenvalue weighted by molar-refractivity contribution is 0.00578. The van der Waals surface area contributed by atoms with Crippen molar-refractivity contribution in [3.05, 3.63) is 40.9 Å². The average Bonchev–Trinajstić information content (AvgIpc) is 2.29. The molecule has 1 aromatic carbocycles. The summed E-state index contributed by atoms with van der Waals surface area (Å²) < 4.78 is 0. The second-order valence-corrected chi connectivity index (χ2v) is 4.59. The zero-order valence-corrected chi connectivity index (χ0v) is 9.93. The zero-order chi connectivity index (χ0) is 11.6. The molecule has 0 bridgehead atoms. The van der Waals surface area contributed by atoms with Gasteiger partial charge in [-0.05, 0) is 43.1 Å². The Morgan fingerprint density at radius 2 is 2.06 bits per heavy atom. The van der Waals surface area contributed by atoms with E-state index in [2.05, 4.69) is 11.9 Å². The Hall–Kier alpha value is -0.830. The maximum Gasteiger partial charge on any atom is 0.0927 e. The van der Waals surface area contributed by atoms with Crippen LogP contribution in [0.5, 0.6) is 0 Å². The fraction of sp³-hybridized carbons (Fsp3) is 0.385. The standard InChI is InChI=1S/C13H16ClNO/c1-2-10-11(4-3-5-12(10)14)13(16)6-8-15-9-7-13/h2-5,15-16H,1,6-9H2. The first kappa shape index (κ1) is 11.6. The molecular weight excluding hydrogens is 222 g/mol. The van der Waals surface area contributed by atoms with Crippen molar-refractivity contribution < 1.29 is 5.11 Å². The molecule has 0 radical (unpaired) electrons. The van der Waals surface area contributed by atoms with Crippen LogP contribution in [0.3, 0.4) is 0 Å². The number of rotatable bonds is 2. The molecule has 0 amide bonds. The van der Waals surface area contributed by atoms with Gasteiger partial charge in [0.05, 0.1) is 5.60 Å². The van der Waals surface area contributed by atoms with Crippen molar-refractivity contribution in [2.45, 2.75) is 18.4 Å². The van der Waals surface area contributed by atoms with Gasteiger partial charge in [0, 0.05) is 5.02 Å². The highest BCUT2D eigenvalue weighted by molar-refractivity contribution is 6.32. The fourth-order valence-electron chi connectivity index (χ4n) is 2.26. The summed E-state index contributed by atoms with van der Waals surface area (Å²) in [5.74, 6) is 0. The molecule has 0 aliphatic carbocycles. The molecule has 2 nitrogen and oxygen atoms in total. The Bertz CT molecular complexity index is 397. The van der Waals surface area contributed by atoms with Crippen LogP contribution in [0.2, 0.25) is 5.02 Å². The number of nitrogens with one attached hydrogen (secondary N) is 1. The molecule has 1 aliphatic heterocycles. The van der Waals surface area contributed by atoms with Crippen LogP contribution in [0.1, 0.15) is 24.0 Å². The van der Waals surface area contributed by atoms with Crippen molar-refractivity contribution in [1.29, 1.82) is 0 Å². The lowest BCUT2D eigenvalue weighted by atomic mass is 9.82. The molecular formula is C13H16ClNO. The van der Waals surface area contributed by atoms with E-state index < -0.39 is 5.60 Å².